The van der Waals surface area contributed by atoms with E-state index in [1.807, 2.05) is 11.8 Å². The number of sulfonamides is 1. The molecule has 1 amide bonds. The quantitative estimate of drug-likeness (QED) is 0.611. The molecule has 0 bridgehead atoms. The first-order valence-electron chi connectivity index (χ1n) is 8.98. The number of amides is 1. The van der Waals surface area contributed by atoms with Gasteiger partial charge in [-0.25, -0.2) is 12.8 Å². The van der Waals surface area contributed by atoms with Crippen LogP contribution in [0.5, 0.6) is 0 Å². The number of hydrogen-bond acceptors (Lipinski definition) is 4. The maximum Gasteiger partial charge on any atom is 0.232 e. The third kappa shape index (κ3) is 6.79. The fourth-order valence-electron chi connectivity index (χ4n) is 3.06. The highest BCUT2D eigenvalue weighted by Gasteiger charge is 2.20. The average Bonchev–Trinajstić information content (AvgIpc) is 3.09. The van der Waals surface area contributed by atoms with Crippen LogP contribution in [0.3, 0.4) is 0 Å². The molecular weight excluding hydrogens is 375 g/mol. The lowest BCUT2D eigenvalue weighted by atomic mass is 10.2. The van der Waals surface area contributed by atoms with Crippen molar-refractivity contribution in [2.45, 2.75) is 43.8 Å². The van der Waals surface area contributed by atoms with Gasteiger partial charge in [0.25, 0.3) is 0 Å². The molecule has 1 N–H and O–H groups in total. The van der Waals surface area contributed by atoms with Crippen molar-refractivity contribution < 1.29 is 17.6 Å². The molecule has 2 rings (SSSR count). The number of rotatable bonds is 10. The first-order chi connectivity index (χ1) is 12.4. The number of halogens is 1. The number of nitrogens with one attached hydrogen (secondary N) is 1. The summed E-state index contributed by atoms with van der Waals surface area (Å²) in [7, 11) is -3.61. The second-order valence-electron chi connectivity index (χ2n) is 6.52. The van der Waals surface area contributed by atoms with Crippen molar-refractivity contribution in [2.24, 2.45) is 0 Å². The highest BCUT2D eigenvalue weighted by atomic mass is 32.2. The summed E-state index contributed by atoms with van der Waals surface area (Å²) in [6.07, 6.45) is 6.76. The van der Waals surface area contributed by atoms with Crippen LogP contribution in [0.4, 0.5) is 10.1 Å². The molecule has 0 radical (unpaired) electrons. The zero-order valence-corrected chi connectivity index (χ0v) is 16.8. The fourth-order valence-corrected chi connectivity index (χ4v) is 5.25. The predicted octanol–water partition coefficient (Wildman–Crippen LogP) is 3.16. The largest absolute Gasteiger partial charge is 0.355 e. The van der Waals surface area contributed by atoms with Crippen LogP contribution in [0, 0.1) is 5.82 Å². The number of hydrogen-bond donors (Lipinski definition) is 1. The van der Waals surface area contributed by atoms with Gasteiger partial charge in [0.1, 0.15) is 5.82 Å². The summed E-state index contributed by atoms with van der Waals surface area (Å²) in [4.78, 5) is 11.9. The van der Waals surface area contributed by atoms with E-state index < -0.39 is 15.8 Å². The number of para-hydroxylation sites is 1. The van der Waals surface area contributed by atoms with Gasteiger partial charge >= 0.3 is 0 Å². The molecule has 1 fully saturated rings. The molecule has 1 aromatic rings. The molecule has 1 saturated carbocycles. The van der Waals surface area contributed by atoms with E-state index in [-0.39, 0.29) is 24.6 Å². The molecule has 0 spiro atoms. The molecule has 26 heavy (non-hydrogen) atoms. The van der Waals surface area contributed by atoms with Gasteiger partial charge in [0, 0.05) is 30.5 Å². The normalized spacial score (nSPS) is 15.2. The van der Waals surface area contributed by atoms with Crippen molar-refractivity contribution >= 4 is 33.4 Å². The molecule has 5 nitrogen and oxygen atoms in total. The lowest BCUT2D eigenvalue weighted by Crippen LogP contribution is -2.33. The summed E-state index contributed by atoms with van der Waals surface area (Å²) in [5, 5.41) is 3.60. The molecule has 1 aromatic carbocycles. The summed E-state index contributed by atoms with van der Waals surface area (Å²) in [6.45, 7) is 0.702. The maximum absolute atomic E-state index is 13.9. The summed E-state index contributed by atoms with van der Waals surface area (Å²) in [5.41, 5.74) is 0.0170. The lowest BCUT2D eigenvalue weighted by molar-refractivity contribution is -0.121. The first kappa shape index (κ1) is 21.0. The number of anilines is 1. The monoisotopic (exact) mass is 402 g/mol. The predicted molar refractivity (Wildman–Crippen MR) is 106 cm³/mol. The van der Waals surface area contributed by atoms with Crippen LogP contribution in [0.1, 0.15) is 38.5 Å². The zero-order valence-electron chi connectivity index (χ0n) is 15.1. The van der Waals surface area contributed by atoms with Crippen molar-refractivity contribution in [3.63, 3.8) is 0 Å². The molecular formula is C18H27FN2O3S2. The van der Waals surface area contributed by atoms with E-state index >= 15 is 0 Å². The third-order valence-electron chi connectivity index (χ3n) is 4.37. The molecule has 8 heteroatoms. The minimum atomic E-state index is -3.61. The van der Waals surface area contributed by atoms with Gasteiger partial charge in [-0.15, -0.1) is 0 Å². The molecule has 0 aliphatic heterocycles. The van der Waals surface area contributed by atoms with Crippen LogP contribution in [0.2, 0.25) is 0 Å². The van der Waals surface area contributed by atoms with Crippen LogP contribution in [-0.4, -0.2) is 44.7 Å². The van der Waals surface area contributed by atoms with Crippen LogP contribution < -0.4 is 9.62 Å². The summed E-state index contributed by atoms with van der Waals surface area (Å²) >= 11 is 1.91. The van der Waals surface area contributed by atoms with Gasteiger partial charge in [-0.05, 0) is 31.4 Å². The topological polar surface area (TPSA) is 66.5 Å². The molecule has 1 aliphatic rings. The Labute approximate surface area is 159 Å². The van der Waals surface area contributed by atoms with E-state index in [0.29, 0.717) is 13.0 Å². The Morgan fingerprint density at radius 3 is 2.65 bits per heavy atom. The van der Waals surface area contributed by atoms with Gasteiger partial charge in [0.2, 0.25) is 15.9 Å². The van der Waals surface area contributed by atoms with Gasteiger partial charge in [-0.2, -0.15) is 11.8 Å². The van der Waals surface area contributed by atoms with Crippen LogP contribution in [0.15, 0.2) is 24.3 Å². The molecule has 146 valence electrons. The molecule has 0 atom stereocenters. The van der Waals surface area contributed by atoms with Crippen molar-refractivity contribution in [3.8, 4) is 0 Å². The molecule has 0 saturated heterocycles. The second-order valence-corrected chi connectivity index (χ2v) is 9.83. The Balaban J connectivity index is 1.73. The van der Waals surface area contributed by atoms with Crippen molar-refractivity contribution in [2.75, 3.05) is 29.4 Å². The van der Waals surface area contributed by atoms with E-state index in [4.69, 9.17) is 0 Å². The van der Waals surface area contributed by atoms with Crippen molar-refractivity contribution in [1.82, 2.24) is 5.32 Å². The Hall–Kier alpha value is -1.28. The van der Waals surface area contributed by atoms with Crippen LogP contribution >= 0.6 is 11.8 Å². The summed E-state index contributed by atoms with van der Waals surface area (Å²) in [6, 6.07) is 5.75. The van der Waals surface area contributed by atoms with Gasteiger partial charge in [0.15, 0.2) is 0 Å². The molecule has 1 aliphatic carbocycles. The molecule has 0 unspecified atom stereocenters. The van der Waals surface area contributed by atoms with Gasteiger partial charge < -0.3 is 5.32 Å². The first-order valence-corrected chi connectivity index (χ1v) is 11.9. The number of benzene rings is 1. The highest BCUT2D eigenvalue weighted by molar-refractivity contribution is 7.99. The molecule has 0 aromatic heterocycles. The molecule has 0 heterocycles. The highest BCUT2D eigenvalue weighted by Crippen LogP contribution is 2.28. The average molecular weight is 403 g/mol. The SMILES string of the molecule is CS(=O)(=O)N(CCCC(=O)NCCSC1CCCC1)c1ccccc1F. The Morgan fingerprint density at radius 1 is 1.31 bits per heavy atom. The number of carbonyl (C=O) groups excluding carboxylic acids is 1. The van der Waals surface area contributed by atoms with Crippen molar-refractivity contribution in [3.05, 3.63) is 30.1 Å². The Bertz CT molecular complexity index is 691. The standard InChI is InChI=1S/C18H27FN2O3S2/c1-26(23,24)21(17-10-5-4-9-16(17)19)13-6-11-18(22)20-12-14-25-15-7-2-3-8-15/h4-5,9-10,15H,2-3,6-8,11-14H2,1H3,(H,20,22). The van der Waals surface area contributed by atoms with E-state index in [1.54, 1.807) is 6.07 Å². The fraction of sp³-hybridized carbons (Fsp3) is 0.611. The van der Waals surface area contributed by atoms with E-state index in [0.717, 1.165) is 21.6 Å². The van der Waals surface area contributed by atoms with Crippen LogP contribution in [0.25, 0.3) is 0 Å². The third-order valence-corrected chi connectivity index (χ3v) is 6.93. The van der Waals surface area contributed by atoms with Gasteiger partial charge in [-0.3, -0.25) is 9.10 Å². The van der Waals surface area contributed by atoms with E-state index in [9.17, 15) is 17.6 Å². The van der Waals surface area contributed by atoms with Crippen molar-refractivity contribution in [1.29, 1.82) is 0 Å². The van der Waals surface area contributed by atoms with Gasteiger partial charge in [0.05, 0.1) is 11.9 Å². The minimum Gasteiger partial charge on any atom is -0.355 e. The summed E-state index contributed by atoms with van der Waals surface area (Å²) < 4.78 is 38.8. The number of carbonyl (C=O) groups is 1. The second kappa shape index (κ2) is 10.2. The maximum atomic E-state index is 13.9. The van der Waals surface area contributed by atoms with E-state index in [2.05, 4.69) is 5.32 Å². The Kier molecular flexibility index (Phi) is 8.21. The van der Waals surface area contributed by atoms with Gasteiger partial charge in [-0.1, -0.05) is 25.0 Å². The van der Waals surface area contributed by atoms with E-state index in [1.165, 1.54) is 43.9 Å². The summed E-state index contributed by atoms with van der Waals surface area (Å²) in [5.74, 6) is 0.214. The minimum absolute atomic E-state index is 0.0170. The number of nitrogens with zero attached hydrogens (tertiary/aromatic N) is 1. The smallest absolute Gasteiger partial charge is 0.232 e. The van der Waals surface area contributed by atoms with Crippen LogP contribution in [-0.2, 0) is 14.8 Å². The lowest BCUT2D eigenvalue weighted by Gasteiger charge is -2.22. The Morgan fingerprint density at radius 2 is 2.00 bits per heavy atom. The number of thioether (sulfide) groups is 1. The zero-order chi connectivity index (χ0) is 19.0.